The van der Waals surface area contributed by atoms with Gasteiger partial charge in [-0.15, -0.1) is 5.10 Å². The molecule has 1 aliphatic carbocycles. The van der Waals surface area contributed by atoms with Crippen molar-refractivity contribution < 1.29 is 0 Å². The lowest BCUT2D eigenvalue weighted by atomic mass is 10.2. The van der Waals surface area contributed by atoms with E-state index in [0.29, 0.717) is 12.1 Å². The van der Waals surface area contributed by atoms with Crippen LogP contribution in [-0.4, -0.2) is 32.3 Å². The van der Waals surface area contributed by atoms with E-state index in [1.54, 1.807) is 11.0 Å². The first-order valence-corrected chi connectivity index (χ1v) is 6.17. The summed E-state index contributed by atoms with van der Waals surface area (Å²) < 4.78 is 1.66. The molecule has 2 unspecified atom stereocenters. The molecule has 1 heterocycles. The first-order chi connectivity index (χ1) is 8.83. The van der Waals surface area contributed by atoms with Gasteiger partial charge in [0.25, 0.3) is 0 Å². The second kappa shape index (κ2) is 4.73. The highest BCUT2D eigenvalue weighted by atomic mass is 15.5. The lowest BCUT2D eigenvalue weighted by Crippen LogP contribution is -2.21. The highest BCUT2D eigenvalue weighted by Gasteiger charge is 2.22. The fourth-order valence-corrected chi connectivity index (χ4v) is 2.43. The molecule has 1 aromatic carbocycles. The van der Waals surface area contributed by atoms with Gasteiger partial charge < -0.3 is 11.1 Å². The number of tetrazole rings is 1. The molecule has 2 atom stereocenters. The Bertz CT molecular complexity index is 509. The van der Waals surface area contributed by atoms with Gasteiger partial charge in [0.15, 0.2) is 0 Å². The van der Waals surface area contributed by atoms with Gasteiger partial charge in [0.2, 0.25) is 0 Å². The molecule has 18 heavy (non-hydrogen) atoms. The van der Waals surface area contributed by atoms with Crippen LogP contribution in [0.1, 0.15) is 19.3 Å². The third-order valence-corrected chi connectivity index (χ3v) is 3.33. The molecule has 94 valence electrons. The summed E-state index contributed by atoms with van der Waals surface area (Å²) in [6, 6.07) is 8.78. The van der Waals surface area contributed by atoms with Crippen molar-refractivity contribution in [3.05, 3.63) is 30.6 Å². The zero-order chi connectivity index (χ0) is 12.4. The minimum Gasteiger partial charge on any atom is -0.381 e. The van der Waals surface area contributed by atoms with Gasteiger partial charge in [0.1, 0.15) is 6.33 Å². The van der Waals surface area contributed by atoms with Crippen LogP contribution in [0.25, 0.3) is 5.69 Å². The molecule has 6 nitrogen and oxygen atoms in total. The van der Waals surface area contributed by atoms with Crippen molar-refractivity contribution in [2.45, 2.75) is 31.3 Å². The van der Waals surface area contributed by atoms with Crippen LogP contribution in [0.15, 0.2) is 30.6 Å². The molecule has 3 rings (SSSR count). The van der Waals surface area contributed by atoms with Crippen LogP contribution in [0.3, 0.4) is 0 Å². The summed E-state index contributed by atoms with van der Waals surface area (Å²) in [4.78, 5) is 0. The van der Waals surface area contributed by atoms with Crippen LogP contribution in [-0.2, 0) is 0 Å². The van der Waals surface area contributed by atoms with Crippen molar-refractivity contribution in [1.82, 2.24) is 20.2 Å². The number of aromatic nitrogens is 4. The average molecular weight is 244 g/mol. The molecule has 1 aliphatic rings. The minimum atomic E-state index is 0.322. The normalized spacial score (nSPS) is 23.2. The molecule has 0 bridgehead atoms. The first-order valence-electron chi connectivity index (χ1n) is 6.17. The average Bonchev–Trinajstić information content (AvgIpc) is 3.02. The van der Waals surface area contributed by atoms with Gasteiger partial charge in [-0.25, -0.2) is 0 Å². The molecule has 3 N–H and O–H groups in total. The maximum absolute atomic E-state index is 5.93. The van der Waals surface area contributed by atoms with Gasteiger partial charge in [-0.05, 0) is 41.8 Å². The molecule has 0 saturated heterocycles. The number of nitrogens with one attached hydrogen (secondary N) is 1. The number of nitrogens with zero attached hydrogens (tertiary/aromatic N) is 4. The lowest BCUT2D eigenvalue weighted by Gasteiger charge is -2.16. The van der Waals surface area contributed by atoms with Crippen LogP contribution in [0.2, 0.25) is 0 Å². The molecular weight excluding hydrogens is 228 g/mol. The first kappa shape index (κ1) is 11.2. The SMILES string of the molecule is NC1CCC(Nc2ccccc2-n2cnnn2)C1. The number of hydrogen-bond acceptors (Lipinski definition) is 5. The van der Waals surface area contributed by atoms with E-state index in [2.05, 4.69) is 20.8 Å². The van der Waals surface area contributed by atoms with E-state index >= 15 is 0 Å². The Morgan fingerprint density at radius 2 is 2.17 bits per heavy atom. The fraction of sp³-hybridized carbons (Fsp3) is 0.417. The number of benzene rings is 1. The van der Waals surface area contributed by atoms with E-state index in [-0.39, 0.29) is 0 Å². The van der Waals surface area contributed by atoms with Crippen molar-refractivity contribution >= 4 is 5.69 Å². The second-order valence-electron chi connectivity index (χ2n) is 4.69. The van der Waals surface area contributed by atoms with Gasteiger partial charge in [-0.3, -0.25) is 0 Å². The molecule has 0 radical (unpaired) electrons. The predicted octanol–water partition coefficient (Wildman–Crippen LogP) is 0.954. The molecule has 0 aliphatic heterocycles. The van der Waals surface area contributed by atoms with Crippen molar-refractivity contribution in [2.24, 2.45) is 5.73 Å². The van der Waals surface area contributed by atoms with Crippen LogP contribution in [0.5, 0.6) is 0 Å². The largest absolute Gasteiger partial charge is 0.381 e. The summed E-state index contributed by atoms with van der Waals surface area (Å²) in [6.07, 6.45) is 4.82. The Morgan fingerprint density at radius 1 is 1.28 bits per heavy atom. The molecule has 6 heteroatoms. The van der Waals surface area contributed by atoms with E-state index in [0.717, 1.165) is 30.6 Å². The Labute approximate surface area is 105 Å². The highest BCUT2D eigenvalue weighted by Crippen LogP contribution is 2.25. The molecular formula is C12H16N6. The Kier molecular flexibility index (Phi) is 2.93. The summed E-state index contributed by atoms with van der Waals surface area (Å²) >= 11 is 0. The van der Waals surface area contributed by atoms with Crippen molar-refractivity contribution in [2.75, 3.05) is 5.32 Å². The number of anilines is 1. The van der Waals surface area contributed by atoms with E-state index in [1.807, 2.05) is 24.3 Å². The zero-order valence-electron chi connectivity index (χ0n) is 10.0. The summed E-state index contributed by atoms with van der Waals surface area (Å²) in [7, 11) is 0. The summed E-state index contributed by atoms with van der Waals surface area (Å²) in [5.74, 6) is 0. The summed E-state index contributed by atoms with van der Waals surface area (Å²) in [6.45, 7) is 0. The Balaban J connectivity index is 1.84. The minimum absolute atomic E-state index is 0.322. The standard InChI is InChI=1S/C12H16N6/c13-9-5-6-10(7-9)15-11-3-1-2-4-12(11)18-8-14-16-17-18/h1-4,8-10,15H,5-7,13H2. The fourth-order valence-electron chi connectivity index (χ4n) is 2.43. The molecule has 1 saturated carbocycles. The van der Waals surface area contributed by atoms with Gasteiger partial charge >= 0.3 is 0 Å². The quantitative estimate of drug-likeness (QED) is 0.840. The number of para-hydroxylation sites is 2. The van der Waals surface area contributed by atoms with Crippen LogP contribution in [0.4, 0.5) is 5.69 Å². The maximum Gasteiger partial charge on any atom is 0.143 e. The summed E-state index contributed by atoms with van der Waals surface area (Å²) in [5.41, 5.74) is 7.94. The number of nitrogens with two attached hydrogens (primary N) is 1. The van der Waals surface area contributed by atoms with Crippen LogP contribution >= 0.6 is 0 Å². The van der Waals surface area contributed by atoms with Gasteiger partial charge in [-0.2, -0.15) is 4.68 Å². The van der Waals surface area contributed by atoms with Crippen LogP contribution < -0.4 is 11.1 Å². The van der Waals surface area contributed by atoms with Crippen molar-refractivity contribution in [3.8, 4) is 5.69 Å². The second-order valence-corrected chi connectivity index (χ2v) is 4.69. The number of rotatable bonds is 3. The molecule has 0 amide bonds. The van der Waals surface area contributed by atoms with Gasteiger partial charge in [-0.1, -0.05) is 12.1 Å². The van der Waals surface area contributed by atoms with Gasteiger partial charge in [0, 0.05) is 12.1 Å². The van der Waals surface area contributed by atoms with Crippen molar-refractivity contribution in [1.29, 1.82) is 0 Å². The third-order valence-electron chi connectivity index (χ3n) is 3.33. The number of hydrogen-bond donors (Lipinski definition) is 2. The third kappa shape index (κ3) is 2.19. The van der Waals surface area contributed by atoms with E-state index in [9.17, 15) is 0 Å². The van der Waals surface area contributed by atoms with E-state index in [4.69, 9.17) is 5.73 Å². The van der Waals surface area contributed by atoms with E-state index in [1.165, 1.54) is 0 Å². The maximum atomic E-state index is 5.93. The van der Waals surface area contributed by atoms with Crippen LogP contribution in [0, 0.1) is 0 Å². The Morgan fingerprint density at radius 3 is 2.89 bits per heavy atom. The van der Waals surface area contributed by atoms with E-state index < -0.39 is 0 Å². The molecule has 1 aromatic heterocycles. The van der Waals surface area contributed by atoms with Gasteiger partial charge in [0.05, 0.1) is 11.4 Å². The molecule has 0 spiro atoms. The van der Waals surface area contributed by atoms with Crippen molar-refractivity contribution in [3.63, 3.8) is 0 Å². The summed E-state index contributed by atoms with van der Waals surface area (Å²) in [5, 5.41) is 14.8. The molecule has 2 aromatic rings. The topological polar surface area (TPSA) is 81.6 Å². The Hall–Kier alpha value is -1.95. The smallest absolute Gasteiger partial charge is 0.143 e. The monoisotopic (exact) mass is 244 g/mol. The zero-order valence-corrected chi connectivity index (χ0v) is 10.0. The predicted molar refractivity (Wildman–Crippen MR) is 68.4 cm³/mol. The highest BCUT2D eigenvalue weighted by molar-refractivity contribution is 5.60. The lowest BCUT2D eigenvalue weighted by molar-refractivity contribution is 0.687. The molecule has 1 fully saturated rings.